The van der Waals surface area contributed by atoms with Crippen molar-refractivity contribution in [2.24, 2.45) is 0 Å². The van der Waals surface area contributed by atoms with Gasteiger partial charge in [-0.05, 0) is 35.4 Å². The SMILES string of the molecule is COc1cccc(-n2nc(C(=O)NCc3ccc(F)cc3)c(=O)n(Cc3ccccc3)c2=O)c1. The summed E-state index contributed by atoms with van der Waals surface area (Å²) in [5.74, 6) is -0.673. The van der Waals surface area contributed by atoms with Gasteiger partial charge in [-0.1, -0.05) is 48.5 Å². The fourth-order valence-electron chi connectivity index (χ4n) is 3.34. The molecule has 4 rings (SSSR count). The molecule has 0 saturated carbocycles. The van der Waals surface area contributed by atoms with Crippen molar-refractivity contribution in [2.45, 2.75) is 13.1 Å². The Labute approximate surface area is 193 Å². The van der Waals surface area contributed by atoms with Crippen LogP contribution in [-0.4, -0.2) is 27.4 Å². The van der Waals surface area contributed by atoms with Crippen molar-refractivity contribution in [1.29, 1.82) is 0 Å². The van der Waals surface area contributed by atoms with E-state index in [-0.39, 0.29) is 13.1 Å². The molecule has 8 nitrogen and oxygen atoms in total. The molecule has 34 heavy (non-hydrogen) atoms. The molecule has 9 heteroatoms. The van der Waals surface area contributed by atoms with Gasteiger partial charge in [0.15, 0.2) is 0 Å². The molecule has 0 saturated heterocycles. The van der Waals surface area contributed by atoms with E-state index in [1.807, 2.05) is 6.07 Å². The first-order valence-electron chi connectivity index (χ1n) is 10.4. The highest BCUT2D eigenvalue weighted by Gasteiger charge is 2.20. The van der Waals surface area contributed by atoms with Crippen molar-refractivity contribution in [1.82, 2.24) is 19.7 Å². The maximum absolute atomic E-state index is 13.2. The molecule has 0 aliphatic carbocycles. The Bertz CT molecular complexity index is 1430. The lowest BCUT2D eigenvalue weighted by molar-refractivity contribution is 0.0941. The van der Waals surface area contributed by atoms with Crippen LogP contribution < -0.4 is 21.3 Å². The maximum Gasteiger partial charge on any atom is 0.352 e. The molecule has 0 atom stereocenters. The Morgan fingerprint density at radius 1 is 0.971 bits per heavy atom. The van der Waals surface area contributed by atoms with Gasteiger partial charge < -0.3 is 10.1 Å². The molecule has 0 fully saturated rings. The molecule has 0 radical (unpaired) electrons. The van der Waals surface area contributed by atoms with E-state index in [9.17, 15) is 18.8 Å². The van der Waals surface area contributed by atoms with E-state index in [0.717, 1.165) is 9.25 Å². The lowest BCUT2D eigenvalue weighted by Gasteiger charge is -2.13. The first-order valence-corrected chi connectivity index (χ1v) is 10.4. The summed E-state index contributed by atoms with van der Waals surface area (Å²) in [7, 11) is 1.49. The van der Waals surface area contributed by atoms with Gasteiger partial charge in [0.25, 0.3) is 11.5 Å². The molecular formula is C25H21FN4O4. The van der Waals surface area contributed by atoms with Gasteiger partial charge in [0.2, 0.25) is 5.69 Å². The maximum atomic E-state index is 13.2. The zero-order chi connectivity index (χ0) is 24.1. The van der Waals surface area contributed by atoms with Crippen LogP contribution in [-0.2, 0) is 13.1 Å². The molecule has 4 aromatic rings. The number of nitrogens with zero attached hydrogens (tertiary/aromatic N) is 3. The Hall–Kier alpha value is -4.53. The lowest BCUT2D eigenvalue weighted by Crippen LogP contribution is -2.46. The number of methoxy groups -OCH3 is 1. The van der Waals surface area contributed by atoms with Crippen molar-refractivity contribution in [3.63, 3.8) is 0 Å². The monoisotopic (exact) mass is 460 g/mol. The van der Waals surface area contributed by atoms with Crippen LogP contribution in [0.5, 0.6) is 5.75 Å². The fourth-order valence-corrected chi connectivity index (χ4v) is 3.34. The number of ether oxygens (including phenoxy) is 1. The van der Waals surface area contributed by atoms with Crippen LogP contribution in [0.2, 0.25) is 0 Å². The average Bonchev–Trinajstić information content (AvgIpc) is 2.87. The number of hydrogen-bond donors (Lipinski definition) is 1. The summed E-state index contributed by atoms with van der Waals surface area (Å²) in [6.07, 6.45) is 0. The van der Waals surface area contributed by atoms with Gasteiger partial charge in [0.05, 0.1) is 19.3 Å². The summed E-state index contributed by atoms with van der Waals surface area (Å²) >= 11 is 0. The summed E-state index contributed by atoms with van der Waals surface area (Å²) in [6, 6.07) is 21.1. The van der Waals surface area contributed by atoms with E-state index in [2.05, 4.69) is 10.4 Å². The quantitative estimate of drug-likeness (QED) is 0.457. The average molecular weight is 460 g/mol. The predicted molar refractivity (Wildman–Crippen MR) is 124 cm³/mol. The van der Waals surface area contributed by atoms with E-state index in [0.29, 0.717) is 22.6 Å². The van der Waals surface area contributed by atoms with Crippen LogP contribution in [0.1, 0.15) is 21.6 Å². The molecule has 0 aliphatic rings. The van der Waals surface area contributed by atoms with Gasteiger partial charge >= 0.3 is 5.69 Å². The van der Waals surface area contributed by atoms with Crippen LogP contribution in [0.3, 0.4) is 0 Å². The normalized spacial score (nSPS) is 10.6. The number of benzene rings is 3. The molecule has 0 spiro atoms. The van der Waals surface area contributed by atoms with Crippen LogP contribution in [0.4, 0.5) is 4.39 Å². The Balaban J connectivity index is 1.77. The van der Waals surface area contributed by atoms with Crippen molar-refractivity contribution in [3.8, 4) is 11.4 Å². The number of carbonyl (C=O) groups excluding carboxylic acids is 1. The summed E-state index contributed by atoms with van der Waals surface area (Å²) in [5, 5.41) is 6.70. The number of amides is 1. The Kier molecular flexibility index (Phi) is 6.63. The number of aromatic nitrogens is 3. The first-order chi connectivity index (χ1) is 16.5. The van der Waals surface area contributed by atoms with Crippen LogP contribution >= 0.6 is 0 Å². The highest BCUT2D eigenvalue weighted by molar-refractivity contribution is 5.91. The van der Waals surface area contributed by atoms with Gasteiger partial charge in [-0.2, -0.15) is 9.78 Å². The number of nitrogens with one attached hydrogen (secondary N) is 1. The fraction of sp³-hybridized carbons (Fsp3) is 0.120. The lowest BCUT2D eigenvalue weighted by atomic mass is 10.2. The number of hydrogen-bond acceptors (Lipinski definition) is 5. The van der Waals surface area contributed by atoms with E-state index in [1.54, 1.807) is 48.5 Å². The van der Waals surface area contributed by atoms with E-state index in [1.165, 1.54) is 31.4 Å². The van der Waals surface area contributed by atoms with Gasteiger partial charge in [0.1, 0.15) is 11.6 Å². The summed E-state index contributed by atoms with van der Waals surface area (Å²) in [6.45, 7) is 0.0143. The number of rotatable bonds is 7. The summed E-state index contributed by atoms with van der Waals surface area (Å²) < 4.78 is 20.3. The molecule has 0 unspecified atom stereocenters. The van der Waals surface area contributed by atoms with Crippen LogP contribution in [0.25, 0.3) is 5.69 Å². The smallest absolute Gasteiger partial charge is 0.352 e. The second-order valence-corrected chi connectivity index (χ2v) is 7.43. The zero-order valence-corrected chi connectivity index (χ0v) is 18.3. The van der Waals surface area contributed by atoms with Crippen molar-refractivity contribution >= 4 is 5.91 Å². The van der Waals surface area contributed by atoms with Crippen molar-refractivity contribution < 1.29 is 13.9 Å². The minimum Gasteiger partial charge on any atom is -0.497 e. The third kappa shape index (κ3) is 4.93. The highest BCUT2D eigenvalue weighted by atomic mass is 19.1. The highest BCUT2D eigenvalue weighted by Crippen LogP contribution is 2.14. The summed E-state index contributed by atoms with van der Waals surface area (Å²) in [4.78, 5) is 39.3. The largest absolute Gasteiger partial charge is 0.497 e. The molecule has 1 amide bonds. The second-order valence-electron chi connectivity index (χ2n) is 7.43. The topological polar surface area (TPSA) is 95.2 Å². The minimum atomic E-state index is -0.815. The van der Waals surface area contributed by atoms with Gasteiger partial charge in [-0.3, -0.25) is 14.2 Å². The Morgan fingerprint density at radius 3 is 2.41 bits per heavy atom. The Morgan fingerprint density at radius 2 is 1.71 bits per heavy atom. The third-order valence-corrected chi connectivity index (χ3v) is 5.12. The standard InChI is InChI=1S/C25H21FN4O4/c1-34-21-9-5-8-20(14-21)30-25(33)29(16-18-6-3-2-4-7-18)24(32)22(28-30)23(31)27-15-17-10-12-19(26)13-11-17/h2-14H,15-16H2,1H3,(H,27,31). The molecule has 1 N–H and O–H groups in total. The van der Waals surface area contributed by atoms with Gasteiger partial charge in [0, 0.05) is 12.6 Å². The molecule has 1 aromatic heterocycles. The van der Waals surface area contributed by atoms with E-state index < -0.39 is 28.7 Å². The van der Waals surface area contributed by atoms with Crippen molar-refractivity contribution in [2.75, 3.05) is 7.11 Å². The van der Waals surface area contributed by atoms with Crippen molar-refractivity contribution in [3.05, 3.63) is 122 Å². The molecular weight excluding hydrogens is 439 g/mol. The molecule has 1 heterocycles. The molecule has 172 valence electrons. The van der Waals surface area contributed by atoms with Crippen LogP contribution in [0, 0.1) is 5.82 Å². The molecule has 0 bridgehead atoms. The van der Waals surface area contributed by atoms with Crippen LogP contribution in [0.15, 0.2) is 88.5 Å². The second kappa shape index (κ2) is 9.95. The van der Waals surface area contributed by atoms with E-state index in [4.69, 9.17) is 4.74 Å². The predicted octanol–water partition coefficient (Wildman–Crippen LogP) is 2.52. The minimum absolute atomic E-state index is 0.0385. The number of carbonyl (C=O) groups is 1. The summed E-state index contributed by atoms with van der Waals surface area (Å²) in [5.41, 5.74) is -0.274. The zero-order valence-electron chi connectivity index (χ0n) is 18.3. The molecule has 3 aromatic carbocycles. The molecule has 0 aliphatic heterocycles. The van der Waals surface area contributed by atoms with E-state index >= 15 is 0 Å². The van der Waals surface area contributed by atoms with Gasteiger partial charge in [-0.25, -0.2) is 9.18 Å². The van der Waals surface area contributed by atoms with Gasteiger partial charge in [-0.15, -0.1) is 0 Å². The first kappa shape index (κ1) is 22.7. The third-order valence-electron chi connectivity index (χ3n) is 5.12. The number of halogens is 1.